The second-order valence-electron chi connectivity index (χ2n) is 4.84. The van der Waals surface area contributed by atoms with Crippen molar-refractivity contribution in [2.45, 2.75) is 11.8 Å². The smallest absolute Gasteiger partial charge is 0.262 e. The number of hydrogen-bond acceptors (Lipinski definition) is 4. The highest BCUT2D eigenvalue weighted by atomic mass is 32.2. The SMILES string of the molecule is C=CCSc1ccccc1NC(=O)COc1ccc(OCC)cc1. The monoisotopic (exact) mass is 343 g/mol. The number of carbonyl (C=O) groups is 1. The first-order valence-corrected chi connectivity index (χ1v) is 8.69. The zero-order valence-corrected chi connectivity index (χ0v) is 14.5. The Bertz CT molecular complexity index is 671. The maximum absolute atomic E-state index is 12.1. The van der Waals surface area contributed by atoms with E-state index in [-0.39, 0.29) is 12.5 Å². The van der Waals surface area contributed by atoms with Crippen LogP contribution in [0.25, 0.3) is 0 Å². The van der Waals surface area contributed by atoms with Gasteiger partial charge in [0.1, 0.15) is 11.5 Å². The third kappa shape index (κ3) is 5.66. The van der Waals surface area contributed by atoms with Crippen molar-refractivity contribution in [3.05, 3.63) is 61.2 Å². The van der Waals surface area contributed by atoms with E-state index in [0.29, 0.717) is 12.4 Å². The number of para-hydroxylation sites is 1. The molecule has 0 saturated heterocycles. The topological polar surface area (TPSA) is 47.6 Å². The van der Waals surface area contributed by atoms with Crippen LogP contribution in [0.3, 0.4) is 0 Å². The summed E-state index contributed by atoms with van der Waals surface area (Å²) in [5.74, 6) is 2.00. The van der Waals surface area contributed by atoms with Crippen molar-refractivity contribution in [3.63, 3.8) is 0 Å². The van der Waals surface area contributed by atoms with Gasteiger partial charge in [-0.1, -0.05) is 18.2 Å². The fourth-order valence-corrected chi connectivity index (χ4v) is 2.73. The van der Waals surface area contributed by atoms with Gasteiger partial charge in [0.2, 0.25) is 0 Å². The Hall–Kier alpha value is -2.40. The molecule has 126 valence electrons. The molecule has 4 nitrogen and oxygen atoms in total. The molecule has 2 rings (SSSR count). The van der Waals surface area contributed by atoms with Gasteiger partial charge in [-0.3, -0.25) is 4.79 Å². The Morgan fingerprint density at radius 1 is 1.12 bits per heavy atom. The van der Waals surface area contributed by atoms with Crippen LogP contribution in [0.4, 0.5) is 5.69 Å². The van der Waals surface area contributed by atoms with E-state index in [1.165, 1.54) is 0 Å². The van der Waals surface area contributed by atoms with Crippen LogP contribution in [-0.4, -0.2) is 24.9 Å². The van der Waals surface area contributed by atoms with Crippen LogP contribution in [0.1, 0.15) is 6.92 Å². The number of benzene rings is 2. The first kappa shape index (κ1) is 17.9. The molecule has 0 atom stereocenters. The zero-order valence-electron chi connectivity index (χ0n) is 13.7. The molecule has 1 amide bonds. The van der Waals surface area contributed by atoms with E-state index >= 15 is 0 Å². The number of hydrogen-bond donors (Lipinski definition) is 1. The highest BCUT2D eigenvalue weighted by Crippen LogP contribution is 2.27. The molecule has 0 fully saturated rings. The minimum atomic E-state index is -0.199. The number of nitrogens with one attached hydrogen (secondary N) is 1. The summed E-state index contributed by atoms with van der Waals surface area (Å²) in [5.41, 5.74) is 0.782. The number of amides is 1. The average molecular weight is 343 g/mol. The molecule has 0 aromatic heterocycles. The highest BCUT2D eigenvalue weighted by molar-refractivity contribution is 7.99. The number of thioether (sulfide) groups is 1. The van der Waals surface area contributed by atoms with E-state index < -0.39 is 0 Å². The summed E-state index contributed by atoms with van der Waals surface area (Å²) in [5, 5.41) is 2.88. The van der Waals surface area contributed by atoms with Crippen molar-refractivity contribution in [3.8, 4) is 11.5 Å². The third-order valence-electron chi connectivity index (χ3n) is 3.02. The Morgan fingerprint density at radius 3 is 2.46 bits per heavy atom. The van der Waals surface area contributed by atoms with Crippen molar-refractivity contribution in [1.82, 2.24) is 0 Å². The molecule has 0 heterocycles. The van der Waals surface area contributed by atoms with Crippen LogP contribution < -0.4 is 14.8 Å². The molecule has 2 aromatic carbocycles. The van der Waals surface area contributed by atoms with E-state index in [9.17, 15) is 4.79 Å². The van der Waals surface area contributed by atoms with Gasteiger partial charge in [0.05, 0.1) is 12.3 Å². The van der Waals surface area contributed by atoms with Gasteiger partial charge in [-0.05, 0) is 43.3 Å². The van der Waals surface area contributed by atoms with E-state index in [1.54, 1.807) is 23.9 Å². The quantitative estimate of drug-likeness (QED) is 0.542. The van der Waals surface area contributed by atoms with Gasteiger partial charge >= 0.3 is 0 Å². The summed E-state index contributed by atoms with van der Waals surface area (Å²) < 4.78 is 10.9. The lowest BCUT2D eigenvalue weighted by atomic mass is 10.3. The van der Waals surface area contributed by atoms with Gasteiger partial charge in [-0.25, -0.2) is 0 Å². The molecular weight excluding hydrogens is 322 g/mol. The normalized spacial score (nSPS) is 10.0. The second kappa shape index (κ2) is 9.67. The van der Waals surface area contributed by atoms with Crippen LogP contribution in [-0.2, 0) is 4.79 Å². The molecule has 0 aliphatic rings. The van der Waals surface area contributed by atoms with Crippen LogP contribution in [0.2, 0.25) is 0 Å². The molecule has 0 aliphatic heterocycles. The lowest BCUT2D eigenvalue weighted by molar-refractivity contribution is -0.118. The van der Waals surface area contributed by atoms with Gasteiger partial charge in [0, 0.05) is 10.6 Å². The van der Waals surface area contributed by atoms with E-state index in [4.69, 9.17) is 9.47 Å². The van der Waals surface area contributed by atoms with Crippen molar-refractivity contribution in [2.75, 3.05) is 24.3 Å². The van der Waals surface area contributed by atoms with E-state index in [2.05, 4.69) is 11.9 Å². The molecule has 0 spiro atoms. The van der Waals surface area contributed by atoms with Crippen molar-refractivity contribution in [1.29, 1.82) is 0 Å². The third-order valence-corrected chi connectivity index (χ3v) is 4.09. The molecule has 24 heavy (non-hydrogen) atoms. The first-order valence-electron chi connectivity index (χ1n) is 7.71. The summed E-state index contributed by atoms with van der Waals surface area (Å²) >= 11 is 1.62. The largest absolute Gasteiger partial charge is 0.494 e. The zero-order chi connectivity index (χ0) is 17.2. The lowest BCUT2D eigenvalue weighted by Gasteiger charge is -2.11. The minimum Gasteiger partial charge on any atom is -0.494 e. The molecule has 5 heteroatoms. The highest BCUT2D eigenvalue weighted by Gasteiger charge is 2.07. The Labute approximate surface area is 146 Å². The first-order chi connectivity index (χ1) is 11.7. The van der Waals surface area contributed by atoms with Gasteiger partial charge in [0.25, 0.3) is 5.91 Å². The van der Waals surface area contributed by atoms with Gasteiger partial charge in [-0.15, -0.1) is 18.3 Å². The predicted octanol–water partition coefficient (Wildman–Crippen LogP) is 4.38. The maximum Gasteiger partial charge on any atom is 0.262 e. The molecule has 0 saturated carbocycles. The summed E-state index contributed by atoms with van der Waals surface area (Å²) in [7, 11) is 0. The lowest BCUT2D eigenvalue weighted by Crippen LogP contribution is -2.20. The predicted molar refractivity (Wildman–Crippen MR) is 99.1 cm³/mol. The minimum absolute atomic E-state index is 0.0472. The number of carbonyl (C=O) groups excluding carboxylic acids is 1. The summed E-state index contributed by atoms with van der Waals surface area (Å²) in [6, 6.07) is 14.9. The Balaban J connectivity index is 1.88. The van der Waals surface area contributed by atoms with Crippen LogP contribution in [0.15, 0.2) is 66.1 Å². The Morgan fingerprint density at radius 2 is 1.79 bits per heavy atom. The molecule has 0 bridgehead atoms. The molecule has 1 N–H and O–H groups in total. The fourth-order valence-electron chi connectivity index (χ4n) is 1.98. The second-order valence-corrected chi connectivity index (χ2v) is 5.90. The fraction of sp³-hybridized carbons (Fsp3) is 0.211. The van der Waals surface area contributed by atoms with Gasteiger partial charge in [0.15, 0.2) is 6.61 Å². The number of anilines is 1. The van der Waals surface area contributed by atoms with Gasteiger partial charge in [-0.2, -0.15) is 0 Å². The van der Waals surface area contributed by atoms with E-state index in [1.807, 2.05) is 49.4 Å². The molecule has 0 radical (unpaired) electrons. The summed E-state index contributed by atoms with van der Waals surface area (Å²) in [6.07, 6.45) is 1.83. The average Bonchev–Trinajstić information content (AvgIpc) is 2.61. The molecule has 0 unspecified atom stereocenters. The van der Waals surface area contributed by atoms with Gasteiger partial charge < -0.3 is 14.8 Å². The number of ether oxygens (including phenoxy) is 2. The van der Waals surface area contributed by atoms with E-state index in [0.717, 1.165) is 22.1 Å². The van der Waals surface area contributed by atoms with Crippen LogP contribution >= 0.6 is 11.8 Å². The number of rotatable bonds is 9. The summed E-state index contributed by atoms with van der Waals surface area (Å²) in [6.45, 7) is 6.21. The maximum atomic E-state index is 12.1. The van der Waals surface area contributed by atoms with Crippen LogP contribution in [0, 0.1) is 0 Å². The van der Waals surface area contributed by atoms with Crippen molar-refractivity contribution in [2.24, 2.45) is 0 Å². The Kier molecular flexibility index (Phi) is 7.23. The molecular formula is C19H21NO3S. The van der Waals surface area contributed by atoms with Crippen LogP contribution in [0.5, 0.6) is 11.5 Å². The standard InChI is InChI=1S/C19H21NO3S/c1-3-13-24-18-8-6-5-7-17(18)20-19(21)14-23-16-11-9-15(10-12-16)22-4-2/h3,5-12H,1,4,13-14H2,2H3,(H,20,21). The molecule has 2 aromatic rings. The van der Waals surface area contributed by atoms with Crippen molar-refractivity contribution < 1.29 is 14.3 Å². The molecule has 0 aliphatic carbocycles. The summed E-state index contributed by atoms with van der Waals surface area (Å²) in [4.78, 5) is 13.1. The van der Waals surface area contributed by atoms with Crippen molar-refractivity contribution >= 4 is 23.4 Å².